The number of aryl methyl sites for hydroxylation is 1. The van der Waals surface area contributed by atoms with Crippen LogP contribution in [0, 0.1) is 0 Å². The van der Waals surface area contributed by atoms with Crippen LogP contribution in [0.25, 0.3) is 17.3 Å². The van der Waals surface area contributed by atoms with Gasteiger partial charge in [-0.3, -0.25) is 14.6 Å². The van der Waals surface area contributed by atoms with E-state index in [1.807, 2.05) is 40.7 Å². The van der Waals surface area contributed by atoms with E-state index in [0.717, 1.165) is 62.9 Å². The lowest BCUT2D eigenvalue weighted by atomic mass is 9.94. The minimum atomic E-state index is 0.339. The van der Waals surface area contributed by atoms with Crippen molar-refractivity contribution in [3.8, 4) is 17.3 Å². The molecule has 0 amide bonds. The number of hydrogen-bond acceptors (Lipinski definition) is 6. The van der Waals surface area contributed by atoms with E-state index in [-0.39, 0.29) is 0 Å². The molecule has 8 nitrogen and oxygen atoms in total. The van der Waals surface area contributed by atoms with E-state index >= 15 is 0 Å². The molecule has 2 aliphatic heterocycles. The third-order valence-corrected chi connectivity index (χ3v) is 6.06. The van der Waals surface area contributed by atoms with Crippen LogP contribution in [0.15, 0.2) is 36.7 Å². The Morgan fingerprint density at radius 3 is 2.72 bits per heavy atom. The highest BCUT2D eigenvalue weighted by Crippen LogP contribution is 2.31. The van der Waals surface area contributed by atoms with Gasteiger partial charge in [-0.1, -0.05) is 6.07 Å². The van der Waals surface area contributed by atoms with Gasteiger partial charge in [-0.15, -0.1) is 5.10 Å². The second-order valence-corrected chi connectivity index (χ2v) is 7.91. The van der Waals surface area contributed by atoms with Crippen LogP contribution in [0.1, 0.15) is 37.4 Å². The van der Waals surface area contributed by atoms with Crippen LogP contribution in [0.3, 0.4) is 0 Å². The number of ether oxygens (including phenoxy) is 1. The van der Waals surface area contributed by atoms with Crippen molar-refractivity contribution in [2.75, 3.05) is 26.3 Å². The zero-order chi connectivity index (χ0) is 19.6. The van der Waals surface area contributed by atoms with E-state index in [1.54, 1.807) is 12.4 Å². The summed E-state index contributed by atoms with van der Waals surface area (Å²) in [6.45, 7) is 3.93. The normalized spacial score (nSPS) is 21.5. The summed E-state index contributed by atoms with van der Waals surface area (Å²) in [6.07, 6.45) is 8.14. The van der Waals surface area contributed by atoms with Crippen LogP contribution in [0.5, 0.6) is 0 Å². The van der Waals surface area contributed by atoms with E-state index in [2.05, 4.69) is 15.0 Å². The maximum atomic E-state index is 5.57. The Balaban J connectivity index is 1.49. The summed E-state index contributed by atoms with van der Waals surface area (Å²) >= 11 is 0. The number of aromatic nitrogens is 6. The molecule has 0 aliphatic carbocycles. The van der Waals surface area contributed by atoms with E-state index in [4.69, 9.17) is 14.8 Å². The molecule has 0 spiro atoms. The Bertz CT molecular complexity index is 945. The van der Waals surface area contributed by atoms with Crippen molar-refractivity contribution in [3.63, 3.8) is 0 Å². The molecule has 152 valence electrons. The fourth-order valence-corrected chi connectivity index (χ4v) is 4.53. The van der Waals surface area contributed by atoms with Gasteiger partial charge in [-0.25, -0.2) is 4.98 Å². The fourth-order valence-electron chi connectivity index (χ4n) is 4.53. The molecule has 0 bridgehead atoms. The zero-order valence-electron chi connectivity index (χ0n) is 16.8. The summed E-state index contributed by atoms with van der Waals surface area (Å²) in [5, 5.41) is 9.18. The Hall–Kier alpha value is -2.58. The van der Waals surface area contributed by atoms with Gasteiger partial charge >= 0.3 is 0 Å². The first-order valence-electron chi connectivity index (χ1n) is 10.5. The van der Waals surface area contributed by atoms with Crippen molar-refractivity contribution >= 4 is 0 Å². The highest BCUT2D eigenvalue weighted by atomic mass is 16.5. The first-order chi connectivity index (χ1) is 14.3. The molecule has 3 aromatic rings. The van der Waals surface area contributed by atoms with Gasteiger partial charge in [0.1, 0.15) is 11.5 Å². The Morgan fingerprint density at radius 1 is 1.07 bits per heavy atom. The Labute approximate surface area is 170 Å². The highest BCUT2D eigenvalue weighted by molar-refractivity contribution is 5.48. The van der Waals surface area contributed by atoms with Gasteiger partial charge in [0.2, 0.25) is 5.82 Å². The number of piperidine rings is 1. The van der Waals surface area contributed by atoms with E-state index in [9.17, 15) is 0 Å². The lowest BCUT2D eigenvalue weighted by Gasteiger charge is -2.39. The first kappa shape index (κ1) is 18.4. The topological polar surface area (TPSA) is 73.9 Å². The fraction of sp³-hybridized carbons (Fsp3) is 0.524. The molecule has 5 heterocycles. The molecular weight excluding hydrogens is 366 g/mol. The molecule has 8 heteroatoms. The molecule has 1 unspecified atom stereocenters. The van der Waals surface area contributed by atoms with Crippen LogP contribution >= 0.6 is 0 Å². The molecule has 5 rings (SSSR count). The monoisotopic (exact) mass is 393 g/mol. The molecule has 0 aromatic carbocycles. The van der Waals surface area contributed by atoms with Crippen molar-refractivity contribution < 1.29 is 4.74 Å². The van der Waals surface area contributed by atoms with Crippen molar-refractivity contribution in [2.24, 2.45) is 7.05 Å². The molecule has 0 saturated carbocycles. The summed E-state index contributed by atoms with van der Waals surface area (Å²) in [6, 6.07) is 8.45. The summed E-state index contributed by atoms with van der Waals surface area (Å²) in [7, 11) is 1.94. The largest absolute Gasteiger partial charge is 0.381 e. The number of rotatable bonds is 4. The number of nitrogens with zero attached hydrogens (tertiary/aromatic N) is 7. The van der Waals surface area contributed by atoms with Crippen LogP contribution in [-0.4, -0.2) is 66.8 Å². The smallest absolute Gasteiger partial charge is 0.200 e. The Kier molecular flexibility index (Phi) is 5.12. The van der Waals surface area contributed by atoms with Crippen molar-refractivity contribution in [1.82, 2.24) is 34.4 Å². The predicted molar refractivity (Wildman–Crippen MR) is 109 cm³/mol. The lowest BCUT2D eigenvalue weighted by molar-refractivity contribution is 0.0234. The van der Waals surface area contributed by atoms with Gasteiger partial charge < -0.3 is 4.74 Å². The lowest BCUT2D eigenvalue weighted by Crippen LogP contribution is -2.45. The second-order valence-electron chi connectivity index (χ2n) is 7.91. The second kappa shape index (κ2) is 8.04. The summed E-state index contributed by atoms with van der Waals surface area (Å²) < 4.78 is 9.38. The Morgan fingerprint density at radius 2 is 1.97 bits per heavy atom. The quantitative estimate of drug-likeness (QED) is 0.678. The number of likely N-dealkylation sites (tertiary alicyclic amines) is 1. The van der Waals surface area contributed by atoms with Gasteiger partial charge in [0.25, 0.3) is 0 Å². The van der Waals surface area contributed by atoms with Crippen LogP contribution < -0.4 is 0 Å². The minimum Gasteiger partial charge on any atom is -0.381 e. The molecule has 2 fully saturated rings. The predicted octanol–water partition coefficient (Wildman–Crippen LogP) is 2.42. The van der Waals surface area contributed by atoms with Gasteiger partial charge in [-0.05, 0) is 44.4 Å². The average Bonchev–Trinajstić information content (AvgIpc) is 3.41. The molecule has 2 saturated heterocycles. The SMILES string of the molecule is Cn1nccc1-n1nc(-c2ccccn2)nc1C1CCCN(C2CCOCC2)C1. The van der Waals surface area contributed by atoms with Gasteiger partial charge in [0, 0.05) is 51.0 Å². The standard InChI is InChI=1S/C21H27N7O/c1-26-19(7-11-23-26)28-21(24-20(25-28)18-6-2-3-10-22-18)16-5-4-12-27(15-16)17-8-13-29-14-9-17/h2-3,6-7,10-11,16-17H,4-5,8-9,12-15H2,1H3. The highest BCUT2D eigenvalue weighted by Gasteiger charge is 2.31. The molecular formula is C21H27N7O. The third kappa shape index (κ3) is 3.70. The average molecular weight is 393 g/mol. The minimum absolute atomic E-state index is 0.339. The van der Waals surface area contributed by atoms with Gasteiger partial charge in [-0.2, -0.15) is 9.78 Å². The zero-order valence-corrected chi connectivity index (χ0v) is 16.8. The number of pyridine rings is 1. The van der Waals surface area contributed by atoms with Gasteiger partial charge in [0.15, 0.2) is 5.82 Å². The summed E-state index contributed by atoms with van der Waals surface area (Å²) in [5.74, 6) is 2.94. The number of hydrogen-bond donors (Lipinski definition) is 0. The summed E-state index contributed by atoms with van der Waals surface area (Å²) in [4.78, 5) is 12.1. The van der Waals surface area contributed by atoms with Crippen molar-refractivity contribution in [3.05, 3.63) is 42.5 Å². The third-order valence-electron chi connectivity index (χ3n) is 6.06. The maximum Gasteiger partial charge on any atom is 0.200 e. The first-order valence-corrected chi connectivity index (χ1v) is 10.5. The van der Waals surface area contributed by atoms with E-state index in [1.165, 1.54) is 6.42 Å². The van der Waals surface area contributed by atoms with Crippen LogP contribution in [-0.2, 0) is 11.8 Å². The molecule has 0 N–H and O–H groups in total. The van der Waals surface area contributed by atoms with E-state index < -0.39 is 0 Å². The van der Waals surface area contributed by atoms with Crippen LogP contribution in [0.2, 0.25) is 0 Å². The maximum absolute atomic E-state index is 5.57. The van der Waals surface area contributed by atoms with E-state index in [0.29, 0.717) is 17.8 Å². The molecule has 1 atom stereocenters. The summed E-state index contributed by atoms with van der Waals surface area (Å²) in [5.41, 5.74) is 0.798. The molecule has 2 aliphatic rings. The van der Waals surface area contributed by atoms with Gasteiger partial charge in [0.05, 0.1) is 6.20 Å². The van der Waals surface area contributed by atoms with Crippen LogP contribution in [0.4, 0.5) is 0 Å². The molecule has 29 heavy (non-hydrogen) atoms. The van der Waals surface area contributed by atoms with Crippen molar-refractivity contribution in [2.45, 2.75) is 37.6 Å². The molecule has 3 aromatic heterocycles. The van der Waals surface area contributed by atoms with Crippen molar-refractivity contribution in [1.29, 1.82) is 0 Å². The molecule has 0 radical (unpaired) electrons.